The number of alkyl carbamates (subject to hydrolysis) is 1. The van der Waals surface area contributed by atoms with Crippen molar-refractivity contribution in [3.8, 4) is 0 Å². The Hall–Kier alpha value is -4.28. The van der Waals surface area contributed by atoms with E-state index in [1.165, 1.54) is 10.4 Å². The van der Waals surface area contributed by atoms with Crippen molar-refractivity contribution in [2.24, 2.45) is 5.41 Å². The second kappa shape index (κ2) is 16.6. The first kappa shape index (κ1) is 37.0. The van der Waals surface area contributed by atoms with Gasteiger partial charge < -0.3 is 18.9 Å². The first-order chi connectivity index (χ1) is 24.0. The number of hydrogen-bond donors (Lipinski definition) is 1. The smallest absolute Gasteiger partial charge is 0.407 e. The number of hydrogen-bond acceptors (Lipinski definition) is 4. The standard InChI is InChI=1S/C43H50NO4Si2/c1-42(2,3)40(48-49(35-24-14-8-15-25-35)36-26-16-9-17-27-36)39(44-41(45)46-32-34-22-12-7-13-23-34)33-47-50(43(4,5)6,37-28-18-10-19-29-37)38-30-20-11-21-31-38/h7-31,39-40H,32-33H2,1-6H3,(H,44,45). The van der Waals surface area contributed by atoms with Gasteiger partial charge in [0.05, 0.1) is 18.8 Å². The van der Waals surface area contributed by atoms with Gasteiger partial charge in [0.15, 0.2) is 0 Å². The average molecular weight is 701 g/mol. The second-order valence-corrected chi connectivity index (χ2v) is 21.1. The van der Waals surface area contributed by atoms with E-state index in [-0.39, 0.29) is 23.7 Å². The van der Waals surface area contributed by atoms with Crippen LogP contribution in [0.2, 0.25) is 5.04 Å². The van der Waals surface area contributed by atoms with Gasteiger partial charge in [-0.05, 0) is 36.8 Å². The second-order valence-electron chi connectivity index (χ2n) is 14.8. The van der Waals surface area contributed by atoms with E-state index >= 15 is 0 Å². The molecule has 0 fully saturated rings. The minimum atomic E-state index is -2.95. The molecule has 5 rings (SSSR count). The predicted molar refractivity (Wildman–Crippen MR) is 209 cm³/mol. The molecule has 5 nitrogen and oxygen atoms in total. The van der Waals surface area contributed by atoms with Crippen molar-refractivity contribution in [3.05, 3.63) is 157 Å². The summed E-state index contributed by atoms with van der Waals surface area (Å²) in [7, 11) is -4.68. The molecule has 0 aliphatic rings. The molecule has 1 amide bonds. The lowest BCUT2D eigenvalue weighted by Gasteiger charge is -2.45. The maximum Gasteiger partial charge on any atom is 0.407 e. The molecule has 0 aromatic heterocycles. The molecule has 0 spiro atoms. The van der Waals surface area contributed by atoms with E-state index in [0.29, 0.717) is 0 Å². The first-order valence-electron chi connectivity index (χ1n) is 17.4. The Morgan fingerprint density at radius 3 is 1.48 bits per heavy atom. The number of nitrogens with one attached hydrogen (secondary N) is 1. The fourth-order valence-electron chi connectivity index (χ4n) is 6.57. The molecule has 2 atom stereocenters. The van der Waals surface area contributed by atoms with E-state index in [4.69, 9.17) is 13.6 Å². The molecule has 5 aromatic rings. The van der Waals surface area contributed by atoms with Crippen LogP contribution in [0.4, 0.5) is 4.79 Å². The molecular weight excluding hydrogens is 651 g/mol. The average Bonchev–Trinajstić information content (AvgIpc) is 3.12. The molecule has 1 radical (unpaired) electrons. The van der Waals surface area contributed by atoms with Gasteiger partial charge in [0, 0.05) is 0 Å². The van der Waals surface area contributed by atoms with E-state index < -0.39 is 35.6 Å². The summed E-state index contributed by atoms with van der Waals surface area (Å²) in [5, 5.41) is 7.64. The van der Waals surface area contributed by atoms with Crippen molar-refractivity contribution >= 4 is 44.2 Å². The number of amides is 1. The molecule has 0 saturated heterocycles. The Morgan fingerprint density at radius 2 is 1.06 bits per heavy atom. The highest BCUT2D eigenvalue weighted by Gasteiger charge is 2.51. The zero-order chi connectivity index (χ0) is 35.6. The van der Waals surface area contributed by atoms with Gasteiger partial charge in [-0.25, -0.2) is 4.79 Å². The fourth-order valence-corrected chi connectivity index (χ4v) is 13.5. The van der Waals surface area contributed by atoms with E-state index in [1.54, 1.807) is 0 Å². The normalized spacial score (nSPS) is 13.4. The first-order valence-corrected chi connectivity index (χ1v) is 20.7. The zero-order valence-electron chi connectivity index (χ0n) is 30.1. The Bertz CT molecular complexity index is 1660. The van der Waals surface area contributed by atoms with Crippen LogP contribution in [0.3, 0.4) is 0 Å². The summed E-state index contributed by atoms with van der Waals surface area (Å²) in [5.41, 5.74) is 0.538. The van der Waals surface area contributed by atoms with Crippen LogP contribution in [0.15, 0.2) is 152 Å². The van der Waals surface area contributed by atoms with Gasteiger partial charge >= 0.3 is 6.09 Å². The minimum absolute atomic E-state index is 0.166. The molecule has 0 bridgehead atoms. The lowest BCUT2D eigenvalue weighted by molar-refractivity contribution is 0.0304. The number of carbonyl (C=O) groups is 1. The fraction of sp³-hybridized carbons (Fsp3) is 0.279. The molecule has 0 heterocycles. The topological polar surface area (TPSA) is 56.8 Å². The van der Waals surface area contributed by atoms with Gasteiger partial charge in [-0.1, -0.05) is 193 Å². The van der Waals surface area contributed by atoms with Crippen LogP contribution in [0, 0.1) is 5.41 Å². The quantitative estimate of drug-likeness (QED) is 0.133. The van der Waals surface area contributed by atoms with Crippen LogP contribution < -0.4 is 26.1 Å². The van der Waals surface area contributed by atoms with Crippen molar-refractivity contribution in [2.75, 3.05) is 6.61 Å². The van der Waals surface area contributed by atoms with Gasteiger partial charge in [-0.3, -0.25) is 0 Å². The summed E-state index contributed by atoms with van der Waals surface area (Å²) in [4.78, 5) is 13.7. The molecule has 0 aliphatic heterocycles. The van der Waals surface area contributed by atoms with Crippen molar-refractivity contribution in [1.29, 1.82) is 0 Å². The van der Waals surface area contributed by atoms with Gasteiger partial charge in [0.1, 0.15) is 6.61 Å². The Balaban J connectivity index is 1.57. The van der Waals surface area contributed by atoms with E-state index in [0.717, 1.165) is 15.9 Å². The molecule has 5 aromatic carbocycles. The zero-order valence-corrected chi connectivity index (χ0v) is 32.1. The molecule has 50 heavy (non-hydrogen) atoms. The van der Waals surface area contributed by atoms with Crippen molar-refractivity contribution in [2.45, 2.75) is 65.3 Å². The molecule has 0 aliphatic carbocycles. The summed E-state index contributed by atoms with van der Waals surface area (Å²) >= 11 is 0. The molecule has 2 unspecified atom stereocenters. The highest BCUT2D eigenvalue weighted by atomic mass is 28.4. The molecule has 1 N–H and O–H groups in total. The van der Waals surface area contributed by atoms with E-state index in [1.807, 2.05) is 54.6 Å². The molecular formula is C43H50NO4Si2. The third kappa shape index (κ3) is 9.09. The number of carbonyl (C=O) groups excluding carboxylic acids is 1. The third-order valence-electron chi connectivity index (χ3n) is 8.95. The maximum atomic E-state index is 13.7. The van der Waals surface area contributed by atoms with Crippen molar-refractivity contribution in [1.82, 2.24) is 5.32 Å². The number of benzene rings is 5. The van der Waals surface area contributed by atoms with Crippen LogP contribution in [-0.4, -0.2) is 42.2 Å². The van der Waals surface area contributed by atoms with Gasteiger partial charge in [0.2, 0.25) is 0 Å². The maximum absolute atomic E-state index is 13.7. The van der Waals surface area contributed by atoms with E-state index in [2.05, 4.69) is 144 Å². The lowest BCUT2D eigenvalue weighted by Crippen LogP contribution is -2.68. The van der Waals surface area contributed by atoms with Crippen LogP contribution in [0.1, 0.15) is 47.1 Å². The predicted octanol–water partition coefficient (Wildman–Crippen LogP) is 7.10. The summed E-state index contributed by atoms with van der Waals surface area (Å²) in [5.74, 6) is 0. The number of rotatable bonds is 13. The Labute approximate surface area is 301 Å². The summed E-state index contributed by atoms with van der Waals surface area (Å²) in [6, 6.07) is 51.2. The highest BCUT2D eigenvalue weighted by molar-refractivity contribution is 6.99. The highest BCUT2D eigenvalue weighted by Crippen LogP contribution is 2.37. The van der Waals surface area contributed by atoms with Gasteiger partial charge in [-0.15, -0.1) is 0 Å². The molecule has 7 heteroatoms. The number of ether oxygens (including phenoxy) is 1. The van der Waals surface area contributed by atoms with Crippen molar-refractivity contribution < 1.29 is 18.4 Å². The summed E-state index contributed by atoms with van der Waals surface area (Å²) < 4.78 is 20.6. The Morgan fingerprint density at radius 1 is 0.640 bits per heavy atom. The van der Waals surface area contributed by atoms with Crippen molar-refractivity contribution in [3.63, 3.8) is 0 Å². The van der Waals surface area contributed by atoms with Crippen LogP contribution in [-0.2, 0) is 20.2 Å². The van der Waals surface area contributed by atoms with Gasteiger partial charge in [0.25, 0.3) is 17.4 Å². The van der Waals surface area contributed by atoms with Crippen LogP contribution in [0.25, 0.3) is 0 Å². The van der Waals surface area contributed by atoms with Crippen LogP contribution in [0.5, 0.6) is 0 Å². The summed E-state index contributed by atoms with van der Waals surface area (Å²) in [6.45, 7) is 13.7. The third-order valence-corrected chi connectivity index (χ3v) is 16.2. The van der Waals surface area contributed by atoms with Gasteiger partial charge in [-0.2, -0.15) is 0 Å². The Kier molecular flexibility index (Phi) is 12.3. The lowest BCUT2D eigenvalue weighted by atomic mass is 9.85. The largest absolute Gasteiger partial charge is 0.445 e. The van der Waals surface area contributed by atoms with Crippen LogP contribution >= 0.6 is 0 Å². The SMILES string of the molecule is CC(C)(C)C(O[Si](c1ccccc1)c1ccccc1)C(CO[Si](c1ccccc1)(c1ccccc1)C(C)(C)C)NC(=O)OCc1ccccc1. The monoisotopic (exact) mass is 700 g/mol. The summed E-state index contributed by atoms with van der Waals surface area (Å²) in [6.07, 6.45) is -0.935. The van der Waals surface area contributed by atoms with E-state index in [9.17, 15) is 4.79 Å². The minimum Gasteiger partial charge on any atom is -0.445 e. The molecule has 259 valence electrons. The molecule has 0 saturated carbocycles.